The fraction of sp³-hybridized carbons (Fsp3) is 0.455. The summed E-state index contributed by atoms with van der Waals surface area (Å²) in [6.45, 7) is 2.84. The van der Waals surface area contributed by atoms with Gasteiger partial charge in [0.2, 0.25) is 11.9 Å². The van der Waals surface area contributed by atoms with Crippen LogP contribution in [0.25, 0.3) is 0 Å². The van der Waals surface area contributed by atoms with Crippen molar-refractivity contribution >= 4 is 11.6 Å². The van der Waals surface area contributed by atoms with Gasteiger partial charge in [0.25, 0.3) is 0 Å². The number of nitrogens with zero attached hydrogens (tertiary/aromatic N) is 1. The van der Waals surface area contributed by atoms with Crippen molar-refractivity contribution in [3.8, 4) is 5.75 Å². The van der Waals surface area contributed by atoms with Crippen LogP contribution in [0.2, 0.25) is 0 Å². The van der Waals surface area contributed by atoms with E-state index >= 15 is 0 Å². The molecule has 6 heteroatoms. The Morgan fingerprint density at radius 3 is 3.12 bits per heavy atom. The van der Waals surface area contributed by atoms with Crippen LogP contribution in [-0.2, 0) is 4.79 Å². The van der Waals surface area contributed by atoms with Crippen molar-refractivity contribution < 1.29 is 13.9 Å². The number of anilines is 1. The first kappa shape index (κ1) is 11.8. The highest BCUT2D eigenvalue weighted by Crippen LogP contribution is 2.19. The second-order valence-electron chi connectivity index (χ2n) is 3.94. The zero-order valence-corrected chi connectivity index (χ0v) is 9.50. The Balaban J connectivity index is 1.99. The number of hydrogen-bond acceptors (Lipinski definition) is 4. The Labute approximate surface area is 98.4 Å². The summed E-state index contributed by atoms with van der Waals surface area (Å²) < 4.78 is 18.7. The van der Waals surface area contributed by atoms with Gasteiger partial charge in [0.15, 0.2) is 0 Å². The van der Waals surface area contributed by atoms with Gasteiger partial charge < -0.3 is 15.4 Å². The van der Waals surface area contributed by atoms with Gasteiger partial charge in [-0.2, -0.15) is 4.39 Å². The van der Waals surface area contributed by atoms with Crippen molar-refractivity contribution in [1.82, 2.24) is 10.3 Å². The molecule has 0 unspecified atom stereocenters. The van der Waals surface area contributed by atoms with Crippen LogP contribution in [0, 0.1) is 5.95 Å². The Hall–Kier alpha value is -1.69. The quantitative estimate of drug-likeness (QED) is 0.767. The van der Waals surface area contributed by atoms with Gasteiger partial charge in [0.05, 0.1) is 6.20 Å². The molecule has 2 heterocycles. The molecule has 0 spiro atoms. The molecule has 0 saturated carbocycles. The van der Waals surface area contributed by atoms with Gasteiger partial charge in [-0.25, -0.2) is 4.98 Å². The summed E-state index contributed by atoms with van der Waals surface area (Å²) in [5.74, 6) is -0.610. The molecular weight excluding hydrogens is 225 g/mol. The van der Waals surface area contributed by atoms with Crippen LogP contribution in [-0.4, -0.2) is 30.1 Å². The van der Waals surface area contributed by atoms with E-state index in [1.54, 1.807) is 0 Å². The monoisotopic (exact) mass is 239 g/mol. The summed E-state index contributed by atoms with van der Waals surface area (Å²) in [7, 11) is 0. The molecule has 0 radical (unpaired) electrons. The van der Waals surface area contributed by atoms with Crippen LogP contribution in [0.3, 0.4) is 0 Å². The topological polar surface area (TPSA) is 63.2 Å². The number of carbonyl (C=O) groups excluding carboxylic acids is 1. The van der Waals surface area contributed by atoms with Crippen molar-refractivity contribution in [2.24, 2.45) is 0 Å². The van der Waals surface area contributed by atoms with Crippen molar-refractivity contribution in [2.75, 3.05) is 18.5 Å². The minimum absolute atomic E-state index is 0.0385. The molecule has 1 fully saturated rings. The number of halogens is 1. The molecular formula is C11H14FN3O2. The lowest BCUT2D eigenvalue weighted by molar-refractivity contribution is -0.114. The maximum atomic E-state index is 13.2. The molecule has 0 aromatic carbocycles. The Morgan fingerprint density at radius 2 is 2.53 bits per heavy atom. The van der Waals surface area contributed by atoms with Gasteiger partial charge in [-0.05, 0) is 13.0 Å². The maximum absolute atomic E-state index is 13.2. The molecule has 1 aromatic rings. The minimum atomic E-state index is -0.714. The summed E-state index contributed by atoms with van der Waals surface area (Å²) in [5, 5.41) is 5.54. The van der Waals surface area contributed by atoms with Crippen LogP contribution >= 0.6 is 0 Å². The zero-order valence-electron chi connectivity index (χ0n) is 9.50. The molecule has 1 aromatic heterocycles. The number of hydrogen-bond donors (Lipinski definition) is 2. The molecule has 0 aliphatic carbocycles. The number of rotatable bonds is 4. The summed E-state index contributed by atoms with van der Waals surface area (Å²) in [4.78, 5) is 14.4. The number of carbonyl (C=O) groups is 1. The van der Waals surface area contributed by atoms with Crippen LogP contribution < -0.4 is 15.4 Å². The van der Waals surface area contributed by atoms with Gasteiger partial charge in [-0.3, -0.25) is 4.79 Å². The standard InChI is InChI=1S/C11H14FN3O2/c1-7(16)15-10-4-9(5-14-11(10)12)17-6-8-2-3-13-8/h4-5,8,13H,2-3,6H2,1H3,(H,15,16)/t8-/m1/s1. The first-order chi connectivity index (χ1) is 8.15. The molecule has 2 N–H and O–H groups in total. The number of ether oxygens (including phenoxy) is 1. The summed E-state index contributed by atoms with van der Waals surface area (Å²) >= 11 is 0. The third-order valence-corrected chi connectivity index (χ3v) is 2.50. The third kappa shape index (κ3) is 3.13. The van der Waals surface area contributed by atoms with Crippen molar-refractivity contribution in [1.29, 1.82) is 0 Å². The van der Waals surface area contributed by atoms with Gasteiger partial charge in [-0.15, -0.1) is 0 Å². The SMILES string of the molecule is CC(=O)Nc1cc(OC[C@H]2CCN2)cnc1F. The smallest absolute Gasteiger partial charge is 0.236 e. The third-order valence-electron chi connectivity index (χ3n) is 2.50. The van der Waals surface area contributed by atoms with E-state index in [-0.39, 0.29) is 11.6 Å². The van der Waals surface area contributed by atoms with E-state index in [4.69, 9.17) is 4.74 Å². The van der Waals surface area contributed by atoms with Crippen molar-refractivity contribution in [3.63, 3.8) is 0 Å². The van der Waals surface area contributed by atoms with E-state index in [1.807, 2.05) is 0 Å². The normalized spacial score (nSPS) is 18.4. The van der Waals surface area contributed by atoms with E-state index in [2.05, 4.69) is 15.6 Å². The molecule has 92 valence electrons. The highest BCUT2D eigenvalue weighted by atomic mass is 19.1. The molecule has 1 aliphatic rings. The van der Waals surface area contributed by atoms with Crippen LogP contribution in [0.4, 0.5) is 10.1 Å². The first-order valence-electron chi connectivity index (χ1n) is 5.44. The largest absolute Gasteiger partial charge is 0.490 e. The first-order valence-corrected chi connectivity index (χ1v) is 5.44. The fourth-order valence-electron chi connectivity index (χ4n) is 1.47. The molecule has 17 heavy (non-hydrogen) atoms. The van der Waals surface area contributed by atoms with Crippen LogP contribution in [0.15, 0.2) is 12.3 Å². The molecule has 1 amide bonds. The van der Waals surface area contributed by atoms with Gasteiger partial charge in [0.1, 0.15) is 18.0 Å². The second-order valence-corrected chi connectivity index (χ2v) is 3.94. The molecule has 5 nitrogen and oxygen atoms in total. The summed E-state index contributed by atoms with van der Waals surface area (Å²) in [5.41, 5.74) is 0.0385. The van der Waals surface area contributed by atoms with E-state index < -0.39 is 5.95 Å². The zero-order chi connectivity index (χ0) is 12.3. The highest BCUT2D eigenvalue weighted by Gasteiger charge is 2.17. The van der Waals surface area contributed by atoms with E-state index in [9.17, 15) is 9.18 Å². The Morgan fingerprint density at radius 1 is 1.76 bits per heavy atom. The van der Waals surface area contributed by atoms with E-state index in [0.717, 1.165) is 13.0 Å². The Kier molecular flexibility index (Phi) is 3.53. The number of aromatic nitrogens is 1. The Bertz CT molecular complexity index is 421. The highest BCUT2D eigenvalue weighted by molar-refractivity contribution is 5.88. The van der Waals surface area contributed by atoms with Crippen molar-refractivity contribution in [2.45, 2.75) is 19.4 Å². The minimum Gasteiger partial charge on any atom is -0.490 e. The van der Waals surface area contributed by atoms with Gasteiger partial charge >= 0.3 is 0 Å². The predicted octanol–water partition coefficient (Wildman–Crippen LogP) is 0.920. The number of amides is 1. The van der Waals surface area contributed by atoms with Crippen molar-refractivity contribution in [3.05, 3.63) is 18.2 Å². The predicted molar refractivity (Wildman–Crippen MR) is 60.4 cm³/mol. The maximum Gasteiger partial charge on any atom is 0.236 e. The molecule has 1 aliphatic heterocycles. The second kappa shape index (κ2) is 5.09. The number of pyridine rings is 1. The van der Waals surface area contributed by atoms with Crippen LogP contribution in [0.5, 0.6) is 5.75 Å². The lowest BCUT2D eigenvalue weighted by Gasteiger charge is -2.27. The van der Waals surface area contributed by atoms with Crippen LogP contribution in [0.1, 0.15) is 13.3 Å². The molecule has 2 rings (SSSR count). The summed E-state index contributed by atoms with van der Waals surface area (Å²) in [6, 6.07) is 1.78. The average molecular weight is 239 g/mol. The molecule has 1 atom stereocenters. The molecule has 0 bridgehead atoms. The number of nitrogens with one attached hydrogen (secondary N) is 2. The average Bonchev–Trinajstić information content (AvgIpc) is 2.19. The lowest BCUT2D eigenvalue weighted by atomic mass is 10.1. The van der Waals surface area contributed by atoms with E-state index in [0.29, 0.717) is 18.4 Å². The summed E-state index contributed by atoms with van der Waals surface area (Å²) in [6.07, 6.45) is 2.38. The molecule has 1 saturated heterocycles. The van der Waals surface area contributed by atoms with E-state index in [1.165, 1.54) is 19.2 Å². The van der Waals surface area contributed by atoms with Gasteiger partial charge in [0, 0.05) is 19.0 Å². The van der Waals surface area contributed by atoms with Gasteiger partial charge in [-0.1, -0.05) is 0 Å². The lowest BCUT2D eigenvalue weighted by Crippen LogP contribution is -2.46. The fourth-order valence-corrected chi connectivity index (χ4v) is 1.47.